The number of fused-ring (bicyclic) bond motifs is 1. The van der Waals surface area contributed by atoms with E-state index in [1.54, 1.807) is 24.4 Å². The fraction of sp³-hybridized carbons (Fsp3) is 0.368. The minimum Gasteiger partial charge on any atom is -0.358 e. The molecule has 0 aliphatic carbocycles. The fourth-order valence-corrected chi connectivity index (χ4v) is 3.64. The van der Waals surface area contributed by atoms with Crippen molar-refractivity contribution in [1.29, 1.82) is 0 Å². The van der Waals surface area contributed by atoms with Crippen molar-refractivity contribution in [2.75, 3.05) is 23.3 Å². The van der Waals surface area contributed by atoms with Gasteiger partial charge < -0.3 is 15.2 Å². The lowest BCUT2D eigenvalue weighted by Gasteiger charge is -2.31. The highest BCUT2D eigenvalue weighted by atomic mass is 19.4. The molecule has 28 heavy (non-hydrogen) atoms. The molecule has 3 N–H and O–H groups in total. The smallest absolute Gasteiger partial charge is 0.358 e. The van der Waals surface area contributed by atoms with Crippen LogP contribution in [0.1, 0.15) is 35.8 Å². The molecule has 1 amide bonds. The number of aromatic amines is 2. The molecular weight excluding hydrogens is 371 g/mol. The van der Waals surface area contributed by atoms with Gasteiger partial charge in [-0.05, 0) is 43.0 Å². The first-order chi connectivity index (χ1) is 13.3. The Balaban J connectivity index is 1.63. The number of amides is 1. The molecule has 4 rings (SSSR count). The number of halogens is 3. The number of piperidine rings is 1. The second-order valence-electron chi connectivity index (χ2n) is 7.26. The second kappa shape index (κ2) is 6.88. The summed E-state index contributed by atoms with van der Waals surface area (Å²) >= 11 is 0. The molecule has 3 heterocycles. The standard InChI is InChI=1S/C19H20F3N5O/c1-11-3-2-6-27(10-11)16-8-14(19(20,21)22)17(25-16)18(28)24-13-4-5-15-12(7-13)9-23-26-15/h4-5,7-9,11,25H,2-3,6,10H2,1H3,(H,23,26)(H,24,28). The van der Waals surface area contributed by atoms with E-state index in [1.165, 1.54) is 0 Å². The average Bonchev–Trinajstić information content (AvgIpc) is 3.28. The van der Waals surface area contributed by atoms with Crippen molar-refractivity contribution in [2.45, 2.75) is 25.9 Å². The van der Waals surface area contributed by atoms with Crippen LogP contribution in [0, 0.1) is 5.92 Å². The van der Waals surface area contributed by atoms with Gasteiger partial charge in [-0.1, -0.05) is 6.92 Å². The predicted octanol–water partition coefficient (Wildman–Crippen LogP) is 4.40. The van der Waals surface area contributed by atoms with Gasteiger partial charge in [0.2, 0.25) is 0 Å². The van der Waals surface area contributed by atoms with Crippen LogP contribution >= 0.6 is 0 Å². The Morgan fingerprint density at radius 3 is 2.89 bits per heavy atom. The summed E-state index contributed by atoms with van der Waals surface area (Å²) in [6.07, 6.45) is -1.09. The minimum absolute atomic E-state index is 0.328. The number of carbonyl (C=O) groups is 1. The number of nitrogens with zero attached hydrogens (tertiary/aromatic N) is 2. The predicted molar refractivity (Wildman–Crippen MR) is 100 cm³/mol. The monoisotopic (exact) mass is 391 g/mol. The van der Waals surface area contributed by atoms with Crippen LogP contribution in [0.15, 0.2) is 30.5 Å². The summed E-state index contributed by atoms with van der Waals surface area (Å²) in [6, 6.07) is 6.01. The van der Waals surface area contributed by atoms with Crippen LogP contribution in [0.5, 0.6) is 0 Å². The topological polar surface area (TPSA) is 76.8 Å². The van der Waals surface area contributed by atoms with Crippen molar-refractivity contribution in [3.05, 3.63) is 41.7 Å². The highest BCUT2D eigenvalue weighted by Crippen LogP contribution is 2.36. The van der Waals surface area contributed by atoms with Crippen molar-refractivity contribution >= 4 is 28.3 Å². The maximum atomic E-state index is 13.5. The summed E-state index contributed by atoms with van der Waals surface area (Å²) in [4.78, 5) is 17.2. The van der Waals surface area contributed by atoms with Crippen LogP contribution in [0.4, 0.5) is 24.7 Å². The number of aromatic nitrogens is 3. The lowest BCUT2D eigenvalue weighted by atomic mass is 10.0. The molecule has 1 saturated heterocycles. The Labute approximate surface area is 159 Å². The van der Waals surface area contributed by atoms with E-state index in [4.69, 9.17) is 0 Å². The fourth-order valence-electron chi connectivity index (χ4n) is 3.64. The number of benzene rings is 1. The van der Waals surface area contributed by atoms with Gasteiger partial charge in [0.25, 0.3) is 5.91 Å². The van der Waals surface area contributed by atoms with Gasteiger partial charge in [0.15, 0.2) is 0 Å². The van der Waals surface area contributed by atoms with Gasteiger partial charge in [0, 0.05) is 24.2 Å². The highest BCUT2D eigenvalue weighted by Gasteiger charge is 2.38. The van der Waals surface area contributed by atoms with E-state index < -0.39 is 23.3 Å². The molecule has 148 valence electrons. The van der Waals surface area contributed by atoms with E-state index in [-0.39, 0.29) is 0 Å². The molecule has 1 atom stereocenters. The van der Waals surface area contributed by atoms with E-state index in [0.717, 1.165) is 29.8 Å². The average molecular weight is 391 g/mol. The number of alkyl halides is 3. The van der Waals surface area contributed by atoms with Crippen molar-refractivity contribution < 1.29 is 18.0 Å². The Bertz CT molecular complexity index is 1010. The molecule has 9 heteroatoms. The Morgan fingerprint density at radius 2 is 2.14 bits per heavy atom. The highest BCUT2D eigenvalue weighted by molar-refractivity contribution is 6.05. The lowest BCUT2D eigenvalue weighted by Crippen LogP contribution is -2.34. The van der Waals surface area contributed by atoms with Gasteiger partial charge in [-0.2, -0.15) is 18.3 Å². The summed E-state index contributed by atoms with van der Waals surface area (Å²) in [6.45, 7) is 3.40. The summed E-state index contributed by atoms with van der Waals surface area (Å²) < 4.78 is 40.6. The number of nitrogens with one attached hydrogen (secondary N) is 3. The second-order valence-corrected chi connectivity index (χ2v) is 7.26. The first-order valence-electron chi connectivity index (χ1n) is 9.11. The number of anilines is 2. The minimum atomic E-state index is -4.63. The van der Waals surface area contributed by atoms with E-state index in [9.17, 15) is 18.0 Å². The lowest BCUT2D eigenvalue weighted by molar-refractivity contribution is -0.137. The van der Waals surface area contributed by atoms with Crippen LogP contribution in [0.2, 0.25) is 0 Å². The van der Waals surface area contributed by atoms with Crippen LogP contribution < -0.4 is 10.2 Å². The van der Waals surface area contributed by atoms with Crippen LogP contribution in [-0.2, 0) is 6.18 Å². The molecule has 6 nitrogen and oxygen atoms in total. The number of carbonyl (C=O) groups excluding carboxylic acids is 1. The SMILES string of the molecule is CC1CCCN(c2cc(C(F)(F)F)c(C(=O)Nc3ccc4[nH]ncc4c3)[nH]2)C1. The number of hydrogen-bond acceptors (Lipinski definition) is 3. The maximum Gasteiger partial charge on any atom is 0.418 e. The number of hydrogen-bond donors (Lipinski definition) is 3. The Hall–Kier alpha value is -2.97. The van der Waals surface area contributed by atoms with Crippen molar-refractivity contribution in [2.24, 2.45) is 5.92 Å². The summed E-state index contributed by atoms with van der Waals surface area (Å²) in [5.74, 6) is -0.105. The number of H-pyrrole nitrogens is 2. The van der Waals surface area contributed by atoms with Crippen LogP contribution in [0.3, 0.4) is 0 Å². The third-order valence-electron chi connectivity index (χ3n) is 5.03. The zero-order chi connectivity index (χ0) is 19.9. The molecule has 3 aromatic rings. The van der Waals surface area contributed by atoms with Gasteiger partial charge in [0.1, 0.15) is 11.5 Å². The van der Waals surface area contributed by atoms with Gasteiger partial charge in [0.05, 0.1) is 17.3 Å². The van der Waals surface area contributed by atoms with E-state index in [2.05, 4.69) is 27.4 Å². The molecule has 1 aliphatic rings. The molecule has 0 radical (unpaired) electrons. The quantitative estimate of drug-likeness (QED) is 0.619. The van der Waals surface area contributed by atoms with Gasteiger partial charge >= 0.3 is 6.18 Å². The molecule has 0 bridgehead atoms. The number of rotatable bonds is 3. The van der Waals surface area contributed by atoms with E-state index >= 15 is 0 Å². The summed E-state index contributed by atoms with van der Waals surface area (Å²) in [5, 5.41) is 9.97. The van der Waals surface area contributed by atoms with E-state index in [1.807, 2.05) is 4.90 Å². The third kappa shape index (κ3) is 3.56. The first-order valence-corrected chi connectivity index (χ1v) is 9.11. The maximum absolute atomic E-state index is 13.5. The normalized spacial score (nSPS) is 17.9. The molecule has 0 saturated carbocycles. The third-order valence-corrected chi connectivity index (χ3v) is 5.03. The zero-order valence-corrected chi connectivity index (χ0v) is 15.2. The summed E-state index contributed by atoms with van der Waals surface area (Å²) in [5.41, 5.74) is -0.263. The molecule has 1 fully saturated rings. The van der Waals surface area contributed by atoms with Crippen molar-refractivity contribution in [1.82, 2.24) is 15.2 Å². The van der Waals surface area contributed by atoms with Crippen molar-refractivity contribution in [3.63, 3.8) is 0 Å². The van der Waals surface area contributed by atoms with Gasteiger partial charge in [-0.3, -0.25) is 9.89 Å². The zero-order valence-electron chi connectivity index (χ0n) is 15.2. The molecule has 1 aliphatic heterocycles. The molecular formula is C19H20F3N5O. The van der Waals surface area contributed by atoms with Crippen molar-refractivity contribution in [3.8, 4) is 0 Å². The van der Waals surface area contributed by atoms with E-state index in [0.29, 0.717) is 30.5 Å². The molecule has 1 aromatic carbocycles. The summed E-state index contributed by atoms with van der Waals surface area (Å²) in [7, 11) is 0. The van der Waals surface area contributed by atoms with Crippen LogP contribution in [0.25, 0.3) is 10.9 Å². The van der Waals surface area contributed by atoms with Gasteiger partial charge in [-0.25, -0.2) is 0 Å². The van der Waals surface area contributed by atoms with Gasteiger partial charge in [-0.15, -0.1) is 0 Å². The van der Waals surface area contributed by atoms with Crippen LogP contribution in [-0.4, -0.2) is 34.2 Å². The Kier molecular flexibility index (Phi) is 4.52. The molecule has 2 aromatic heterocycles. The Morgan fingerprint density at radius 1 is 1.32 bits per heavy atom. The first kappa shape index (κ1) is 18.4. The molecule has 1 unspecified atom stereocenters. The molecule has 0 spiro atoms. The largest absolute Gasteiger partial charge is 0.418 e.